The van der Waals surface area contributed by atoms with Crippen LogP contribution >= 0.6 is 23.8 Å². The number of hydrogen-bond acceptors (Lipinski definition) is 4. The molecule has 0 unspecified atom stereocenters. The quantitative estimate of drug-likeness (QED) is 0.433. The maximum Gasteiger partial charge on any atom is 0.265 e. The fourth-order valence-electron chi connectivity index (χ4n) is 2.81. The van der Waals surface area contributed by atoms with Crippen LogP contribution in [-0.2, 0) is 16.2 Å². The van der Waals surface area contributed by atoms with Crippen LogP contribution in [0.25, 0.3) is 6.08 Å². The first kappa shape index (κ1) is 20.0. The molecular weight excluding hydrogens is 396 g/mol. The second-order valence-electron chi connectivity index (χ2n) is 6.51. The van der Waals surface area contributed by atoms with Crippen molar-refractivity contribution in [3.8, 4) is 5.75 Å². The molecule has 1 fully saturated rings. The molecule has 1 saturated heterocycles. The summed E-state index contributed by atoms with van der Waals surface area (Å²) in [6.07, 6.45) is 1.58. The highest BCUT2D eigenvalue weighted by Gasteiger charge is 2.35. The Morgan fingerprint density at radius 3 is 2.21 bits per heavy atom. The lowest BCUT2D eigenvalue weighted by atomic mass is 10.0. The molecule has 0 aromatic heterocycles. The van der Waals surface area contributed by atoms with Gasteiger partial charge in [0.2, 0.25) is 0 Å². The van der Waals surface area contributed by atoms with E-state index < -0.39 is 11.8 Å². The fraction of sp³-hybridized carbons (Fsp3) is 0.190. The van der Waals surface area contributed by atoms with Gasteiger partial charge in [0.05, 0.1) is 0 Å². The van der Waals surface area contributed by atoms with Gasteiger partial charge in [-0.1, -0.05) is 29.8 Å². The summed E-state index contributed by atoms with van der Waals surface area (Å²) in [5.41, 5.74) is 2.72. The topological polar surface area (TPSA) is 49.9 Å². The average Bonchev–Trinajstić information content (AvgIpc) is 2.69. The lowest BCUT2D eigenvalue weighted by Gasteiger charge is -2.31. The molecule has 1 aliphatic heterocycles. The molecule has 144 valence electrons. The van der Waals surface area contributed by atoms with Gasteiger partial charge in [-0.2, -0.15) is 0 Å². The zero-order valence-corrected chi connectivity index (χ0v) is 17.3. The van der Waals surface area contributed by atoms with Crippen molar-refractivity contribution >= 4 is 46.8 Å². The van der Waals surface area contributed by atoms with E-state index in [1.54, 1.807) is 20.2 Å². The number of thiocarbonyl (C=S) groups is 1. The smallest absolute Gasteiger partial charge is 0.265 e. The van der Waals surface area contributed by atoms with Crippen molar-refractivity contribution in [2.24, 2.45) is 0 Å². The van der Waals surface area contributed by atoms with E-state index >= 15 is 0 Å². The van der Waals surface area contributed by atoms with E-state index in [0.29, 0.717) is 11.6 Å². The minimum atomic E-state index is -0.409. The summed E-state index contributed by atoms with van der Waals surface area (Å²) >= 11 is 11.0. The maximum absolute atomic E-state index is 12.4. The number of rotatable bonds is 4. The van der Waals surface area contributed by atoms with Gasteiger partial charge < -0.3 is 4.74 Å². The minimum absolute atomic E-state index is 0.0767. The van der Waals surface area contributed by atoms with Gasteiger partial charge in [0.25, 0.3) is 11.8 Å². The highest BCUT2D eigenvalue weighted by Crippen LogP contribution is 2.24. The highest BCUT2D eigenvalue weighted by molar-refractivity contribution is 7.80. The van der Waals surface area contributed by atoms with Crippen molar-refractivity contribution in [1.82, 2.24) is 9.80 Å². The summed E-state index contributed by atoms with van der Waals surface area (Å²) in [6.45, 7) is 2.33. The van der Waals surface area contributed by atoms with E-state index in [4.69, 9.17) is 28.6 Å². The Hall–Kier alpha value is -2.70. The third-order valence-electron chi connectivity index (χ3n) is 4.46. The van der Waals surface area contributed by atoms with E-state index in [1.807, 2.05) is 49.4 Å². The van der Waals surface area contributed by atoms with Crippen LogP contribution in [0.15, 0.2) is 48.0 Å². The van der Waals surface area contributed by atoms with E-state index in [9.17, 15) is 9.59 Å². The molecule has 5 nitrogen and oxygen atoms in total. The van der Waals surface area contributed by atoms with Crippen molar-refractivity contribution in [1.29, 1.82) is 0 Å². The summed E-state index contributed by atoms with van der Waals surface area (Å²) in [4.78, 5) is 27.4. The number of hydrogen-bond donors (Lipinski definition) is 0. The Morgan fingerprint density at radius 2 is 1.64 bits per heavy atom. The van der Waals surface area contributed by atoms with Crippen LogP contribution in [0.4, 0.5) is 0 Å². The molecule has 0 atom stereocenters. The van der Waals surface area contributed by atoms with Crippen molar-refractivity contribution in [2.45, 2.75) is 13.5 Å². The van der Waals surface area contributed by atoms with Gasteiger partial charge in [0.1, 0.15) is 17.9 Å². The Balaban J connectivity index is 1.79. The molecule has 3 rings (SSSR count). The number of ether oxygens (including phenoxy) is 1. The third-order valence-corrected chi connectivity index (χ3v) is 5.26. The summed E-state index contributed by atoms with van der Waals surface area (Å²) in [7, 11) is 3.11. The normalized spacial score (nSPS) is 14.6. The number of carbonyl (C=O) groups is 2. The molecule has 0 spiro atoms. The van der Waals surface area contributed by atoms with E-state index in [0.717, 1.165) is 22.4 Å². The van der Waals surface area contributed by atoms with Crippen molar-refractivity contribution < 1.29 is 14.3 Å². The molecule has 7 heteroatoms. The number of amides is 2. The number of carbonyl (C=O) groups excluding carboxylic acids is 2. The largest absolute Gasteiger partial charge is 0.489 e. The second-order valence-corrected chi connectivity index (χ2v) is 7.31. The predicted octanol–water partition coefficient (Wildman–Crippen LogP) is 3.83. The minimum Gasteiger partial charge on any atom is -0.489 e. The summed E-state index contributed by atoms with van der Waals surface area (Å²) < 4.78 is 5.87. The summed E-state index contributed by atoms with van der Waals surface area (Å²) in [5, 5.41) is 0.871. The van der Waals surface area contributed by atoms with Gasteiger partial charge in [0.15, 0.2) is 5.11 Å². The van der Waals surface area contributed by atoms with Crippen molar-refractivity contribution in [3.63, 3.8) is 0 Å². The lowest BCUT2D eigenvalue weighted by Crippen LogP contribution is -2.52. The van der Waals surface area contributed by atoms with Crippen molar-refractivity contribution in [3.05, 3.63) is 69.8 Å². The Labute approximate surface area is 174 Å². The van der Waals surface area contributed by atoms with Crippen LogP contribution in [0.1, 0.15) is 16.7 Å². The van der Waals surface area contributed by atoms with Gasteiger partial charge in [-0.25, -0.2) is 0 Å². The number of likely N-dealkylation sites (N-methyl/N-ethyl adjacent to an activating group) is 2. The molecule has 0 saturated carbocycles. The predicted molar refractivity (Wildman–Crippen MR) is 113 cm³/mol. The number of halogens is 1. The monoisotopic (exact) mass is 414 g/mol. The molecule has 1 heterocycles. The fourth-order valence-corrected chi connectivity index (χ4v) is 3.10. The Morgan fingerprint density at radius 1 is 1.04 bits per heavy atom. The molecule has 28 heavy (non-hydrogen) atoms. The third kappa shape index (κ3) is 4.08. The Bertz CT molecular complexity index is 960. The molecule has 2 aromatic carbocycles. The van der Waals surface area contributed by atoms with E-state index in [-0.39, 0.29) is 10.7 Å². The number of benzene rings is 2. The molecule has 1 aliphatic rings. The highest BCUT2D eigenvalue weighted by atomic mass is 35.5. The van der Waals surface area contributed by atoms with Crippen LogP contribution in [0.3, 0.4) is 0 Å². The summed E-state index contributed by atoms with van der Waals surface area (Å²) in [6, 6.07) is 13.0. The molecule has 0 aliphatic carbocycles. The first-order valence-electron chi connectivity index (χ1n) is 8.57. The van der Waals surface area contributed by atoms with Gasteiger partial charge >= 0.3 is 0 Å². The van der Waals surface area contributed by atoms with Crippen LogP contribution < -0.4 is 4.74 Å². The van der Waals surface area contributed by atoms with Gasteiger partial charge in [-0.3, -0.25) is 19.4 Å². The average molecular weight is 415 g/mol. The van der Waals surface area contributed by atoms with Gasteiger partial charge in [0, 0.05) is 19.1 Å². The summed E-state index contributed by atoms with van der Waals surface area (Å²) in [5.74, 6) is -0.0866. The molecule has 0 radical (unpaired) electrons. The van der Waals surface area contributed by atoms with Crippen molar-refractivity contribution in [2.75, 3.05) is 14.1 Å². The standard InChI is InChI=1S/C21H19ClN2O3S/c1-13-10-15(11-17-19(25)23(2)21(28)24(3)20(17)26)6-9-18(13)27-12-14-4-7-16(22)8-5-14/h4-11H,12H2,1-3H3. The Kier molecular flexibility index (Phi) is 5.82. The molecule has 0 N–H and O–H groups in total. The van der Waals surface area contributed by atoms with E-state index in [2.05, 4.69) is 0 Å². The molecule has 2 aromatic rings. The zero-order chi connectivity index (χ0) is 20.4. The van der Waals surface area contributed by atoms with Crippen LogP contribution in [-0.4, -0.2) is 40.8 Å². The molecular formula is C21H19ClN2O3S. The first-order chi connectivity index (χ1) is 13.3. The lowest BCUT2D eigenvalue weighted by molar-refractivity contribution is -0.132. The number of nitrogens with zero attached hydrogens (tertiary/aromatic N) is 2. The first-order valence-corrected chi connectivity index (χ1v) is 9.36. The number of aryl methyl sites for hydroxylation is 1. The van der Waals surface area contributed by atoms with Gasteiger partial charge in [-0.15, -0.1) is 0 Å². The SMILES string of the molecule is Cc1cc(C=C2C(=O)N(C)C(=S)N(C)C2=O)ccc1OCc1ccc(Cl)cc1. The zero-order valence-electron chi connectivity index (χ0n) is 15.7. The second kappa shape index (κ2) is 8.12. The van der Waals surface area contributed by atoms with Crippen LogP contribution in [0.2, 0.25) is 5.02 Å². The maximum atomic E-state index is 12.4. The van der Waals surface area contributed by atoms with Crippen LogP contribution in [0.5, 0.6) is 5.75 Å². The van der Waals surface area contributed by atoms with Crippen LogP contribution in [0, 0.1) is 6.92 Å². The molecule has 2 amide bonds. The molecule has 0 bridgehead atoms. The van der Waals surface area contributed by atoms with E-state index in [1.165, 1.54) is 9.80 Å². The van der Waals surface area contributed by atoms with Gasteiger partial charge in [-0.05, 0) is 66.2 Å².